The number of hydrogen-bond donors (Lipinski definition) is 2. The topological polar surface area (TPSA) is 66.4 Å². The van der Waals surface area contributed by atoms with Crippen LogP contribution in [0.25, 0.3) is 0 Å². The molecule has 1 aliphatic rings. The molecule has 0 heterocycles. The lowest BCUT2D eigenvalue weighted by molar-refractivity contribution is -0.120. The molecule has 19 heavy (non-hydrogen) atoms. The molecule has 1 aromatic rings. The molecule has 4 heteroatoms. The molecule has 1 aromatic carbocycles. The molecular formula is C15H19NO3. The summed E-state index contributed by atoms with van der Waals surface area (Å²) in [6.07, 6.45) is 5.28. The maximum Gasteiger partial charge on any atom is 0.336 e. The first-order valence-electron chi connectivity index (χ1n) is 6.73. The Bertz CT molecular complexity index is 490. The molecule has 4 nitrogen and oxygen atoms in total. The predicted molar refractivity (Wildman–Crippen MR) is 73.3 cm³/mol. The van der Waals surface area contributed by atoms with Crippen LogP contribution in [0.1, 0.15) is 48.0 Å². The number of amides is 1. The second-order valence-electron chi connectivity index (χ2n) is 5.11. The Labute approximate surface area is 112 Å². The van der Waals surface area contributed by atoms with E-state index in [1.807, 2.05) is 0 Å². The minimum Gasteiger partial charge on any atom is -0.478 e. The summed E-state index contributed by atoms with van der Waals surface area (Å²) in [5.41, 5.74) is 1.45. The van der Waals surface area contributed by atoms with Gasteiger partial charge in [-0.2, -0.15) is 0 Å². The Morgan fingerprint density at radius 2 is 1.89 bits per heavy atom. The van der Waals surface area contributed by atoms with E-state index in [1.165, 1.54) is 6.42 Å². The number of carboxylic acids is 1. The van der Waals surface area contributed by atoms with Gasteiger partial charge in [-0.3, -0.25) is 4.79 Å². The van der Waals surface area contributed by atoms with Gasteiger partial charge in [-0.1, -0.05) is 25.3 Å². The molecule has 102 valence electrons. The van der Waals surface area contributed by atoms with Gasteiger partial charge in [0.1, 0.15) is 0 Å². The molecule has 2 rings (SSSR count). The number of carboxylic acid groups (broad SMARTS) is 1. The molecule has 0 spiro atoms. The second-order valence-corrected chi connectivity index (χ2v) is 5.11. The summed E-state index contributed by atoms with van der Waals surface area (Å²) in [6.45, 7) is 1.72. The fraction of sp³-hybridized carbons (Fsp3) is 0.467. The van der Waals surface area contributed by atoms with Crippen molar-refractivity contribution >= 4 is 17.6 Å². The average Bonchev–Trinajstić information content (AvgIpc) is 2.41. The zero-order valence-corrected chi connectivity index (χ0v) is 11.1. The van der Waals surface area contributed by atoms with Gasteiger partial charge in [0.05, 0.1) is 5.56 Å². The van der Waals surface area contributed by atoms with Crippen molar-refractivity contribution < 1.29 is 14.7 Å². The first-order chi connectivity index (χ1) is 9.09. The van der Waals surface area contributed by atoms with Gasteiger partial charge >= 0.3 is 5.97 Å². The highest BCUT2D eigenvalue weighted by Crippen LogP contribution is 2.26. The van der Waals surface area contributed by atoms with Crippen molar-refractivity contribution in [2.45, 2.75) is 39.0 Å². The molecule has 1 amide bonds. The number of aromatic carboxylic acids is 1. The number of anilines is 1. The Hall–Kier alpha value is -1.84. The van der Waals surface area contributed by atoms with Crippen LogP contribution >= 0.6 is 0 Å². The smallest absolute Gasteiger partial charge is 0.336 e. The van der Waals surface area contributed by atoms with Crippen LogP contribution in [0.2, 0.25) is 0 Å². The number of carbonyl (C=O) groups excluding carboxylic acids is 1. The molecule has 1 fully saturated rings. The third kappa shape index (κ3) is 3.13. The molecule has 0 saturated heterocycles. The number of hydrogen-bond acceptors (Lipinski definition) is 2. The molecule has 0 atom stereocenters. The van der Waals surface area contributed by atoms with Crippen LogP contribution in [0.5, 0.6) is 0 Å². The molecule has 1 saturated carbocycles. The molecule has 0 bridgehead atoms. The lowest BCUT2D eigenvalue weighted by atomic mass is 9.88. The fourth-order valence-corrected chi connectivity index (χ4v) is 2.60. The zero-order valence-electron chi connectivity index (χ0n) is 11.1. The van der Waals surface area contributed by atoms with Gasteiger partial charge in [0.15, 0.2) is 0 Å². The maximum absolute atomic E-state index is 12.1. The Kier molecular flexibility index (Phi) is 4.20. The number of benzene rings is 1. The Morgan fingerprint density at radius 1 is 1.21 bits per heavy atom. The largest absolute Gasteiger partial charge is 0.478 e. The van der Waals surface area contributed by atoms with Gasteiger partial charge in [-0.15, -0.1) is 0 Å². The summed E-state index contributed by atoms with van der Waals surface area (Å²) in [5, 5.41) is 11.9. The van der Waals surface area contributed by atoms with E-state index in [-0.39, 0.29) is 17.4 Å². The highest BCUT2D eigenvalue weighted by molar-refractivity contribution is 5.96. The third-order valence-electron chi connectivity index (χ3n) is 3.80. The van der Waals surface area contributed by atoms with Crippen LogP contribution in [0.3, 0.4) is 0 Å². The van der Waals surface area contributed by atoms with E-state index in [1.54, 1.807) is 25.1 Å². The minimum atomic E-state index is -0.966. The van der Waals surface area contributed by atoms with Gasteiger partial charge < -0.3 is 10.4 Å². The van der Waals surface area contributed by atoms with E-state index < -0.39 is 5.97 Å². The van der Waals surface area contributed by atoms with Gasteiger partial charge in [0.25, 0.3) is 0 Å². The lowest BCUT2D eigenvalue weighted by Gasteiger charge is -2.21. The number of carbonyl (C=O) groups is 2. The van der Waals surface area contributed by atoms with E-state index in [4.69, 9.17) is 5.11 Å². The minimum absolute atomic E-state index is 0.0188. The number of rotatable bonds is 3. The SMILES string of the molecule is Cc1c(NC(=O)C2CCCCC2)cccc1C(=O)O. The molecule has 0 aliphatic heterocycles. The molecule has 0 unspecified atom stereocenters. The third-order valence-corrected chi connectivity index (χ3v) is 3.80. The maximum atomic E-state index is 12.1. The normalized spacial score (nSPS) is 16.1. The fourth-order valence-electron chi connectivity index (χ4n) is 2.60. The van der Waals surface area contributed by atoms with E-state index in [0.29, 0.717) is 11.3 Å². The van der Waals surface area contributed by atoms with E-state index in [2.05, 4.69) is 5.32 Å². The summed E-state index contributed by atoms with van der Waals surface area (Å²) in [5.74, 6) is -0.877. The second kappa shape index (κ2) is 5.87. The number of nitrogens with one attached hydrogen (secondary N) is 1. The van der Waals surface area contributed by atoms with Gasteiger partial charge in [0.2, 0.25) is 5.91 Å². The first kappa shape index (κ1) is 13.6. The summed E-state index contributed by atoms with van der Waals surface area (Å²) >= 11 is 0. The monoisotopic (exact) mass is 261 g/mol. The summed E-state index contributed by atoms with van der Waals surface area (Å²) < 4.78 is 0. The van der Waals surface area contributed by atoms with Gasteiger partial charge in [0, 0.05) is 11.6 Å². The average molecular weight is 261 g/mol. The summed E-state index contributed by atoms with van der Waals surface area (Å²) in [7, 11) is 0. The van der Waals surface area contributed by atoms with Crippen LogP contribution in [0, 0.1) is 12.8 Å². The highest BCUT2D eigenvalue weighted by atomic mass is 16.4. The zero-order chi connectivity index (χ0) is 13.8. The van der Waals surface area contributed by atoms with Crippen molar-refractivity contribution in [3.05, 3.63) is 29.3 Å². The van der Waals surface area contributed by atoms with Gasteiger partial charge in [-0.25, -0.2) is 4.79 Å². The van der Waals surface area contributed by atoms with Crippen molar-refractivity contribution in [2.75, 3.05) is 5.32 Å². The van der Waals surface area contributed by atoms with Crippen LogP contribution < -0.4 is 5.32 Å². The van der Waals surface area contributed by atoms with Crippen LogP contribution in [-0.4, -0.2) is 17.0 Å². The lowest BCUT2D eigenvalue weighted by Crippen LogP contribution is -2.25. The van der Waals surface area contributed by atoms with Crippen molar-refractivity contribution in [1.29, 1.82) is 0 Å². The standard InChI is InChI=1S/C15H19NO3/c1-10-12(15(18)19)8-5-9-13(10)16-14(17)11-6-3-2-4-7-11/h5,8-9,11H,2-4,6-7H2,1H3,(H,16,17)(H,18,19). The van der Waals surface area contributed by atoms with E-state index in [9.17, 15) is 9.59 Å². The highest BCUT2D eigenvalue weighted by Gasteiger charge is 2.22. The first-order valence-corrected chi connectivity index (χ1v) is 6.73. The molecular weight excluding hydrogens is 242 g/mol. The quantitative estimate of drug-likeness (QED) is 0.878. The molecule has 1 aliphatic carbocycles. The van der Waals surface area contributed by atoms with Crippen LogP contribution in [0.15, 0.2) is 18.2 Å². The van der Waals surface area contributed by atoms with Crippen molar-refractivity contribution in [1.82, 2.24) is 0 Å². The van der Waals surface area contributed by atoms with E-state index >= 15 is 0 Å². The Morgan fingerprint density at radius 3 is 2.53 bits per heavy atom. The molecule has 0 radical (unpaired) electrons. The van der Waals surface area contributed by atoms with Crippen molar-refractivity contribution in [3.8, 4) is 0 Å². The van der Waals surface area contributed by atoms with Crippen molar-refractivity contribution in [3.63, 3.8) is 0 Å². The summed E-state index contributed by atoms with van der Waals surface area (Å²) in [4.78, 5) is 23.2. The molecule has 0 aromatic heterocycles. The summed E-state index contributed by atoms with van der Waals surface area (Å²) in [6, 6.07) is 4.96. The Balaban J connectivity index is 2.12. The van der Waals surface area contributed by atoms with Crippen molar-refractivity contribution in [2.24, 2.45) is 5.92 Å². The van der Waals surface area contributed by atoms with Gasteiger partial charge in [-0.05, 0) is 37.5 Å². The van der Waals surface area contributed by atoms with Crippen LogP contribution in [-0.2, 0) is 4.79 Å². The van der Waals surface area contributed by atoms with E-state index in [0.717, 1.165) is 25.7 Å². The van der Waals surface area contributed by atoms with Crippen LogP contribution in [0.4, 0.5) is 5.69 Å². The molecule has 2 N–H and O–H groups in total. The predicted octanol–water partition coefficient (Wildman–Crippen LogP) is 3.21.